The summed E-state index contributed by atoms with van der Waals surface area (Å²) in [5.74, 6) is -0.538. The molecule has 0 aromatic heterocycles. The summed E-state index contributed by atoms with van der Waals surface area (Å²) < 4.78 is 35.6. The van der Waals surface area contributed by atoms with Crippen LogP contribution in [-0.2, 0) is 19.6 Å². The van der Waals surface area contributed by atoms with Crippen molar-refractivity contribution in [3.8, 4) is 5.75 Å². The number of carbonyl (C=O) groups is 2. The summed E-state index contributed by atoms with van der Waals surface area (Å²) in [6.07, 6.45) is 1.01. The Bertz CT molecular complexity index is 1010. The molecule has 0 radical (unpaired) electrons. The highest BCUT2D eigenvalue weighted by molar-refractivity contribution is 7.92. The number of esters is 1. The Kier molecular flexibility index (Phi) is 8.08. The second-order valence-electron chi connectivity index (χ2n) is 6.16. The first kappa shape index (κ1) is 23.5. The Balaban J connectivity index is 2.16. The molecule has 2 aromatic carbocycles. The topological polar surface area (TPSA) is 102 Å². The molecule has 30 heavy (non-hydrogen) atoms. The minimum atomic E-state index is -3.73. The monoisotopic (exact) mass is 454 g/mol. The molecule has 0 saturated carbocycles. The van der Waals surface area contributed by atoms with Gasteiger partial charge < -0.3 is 14.8 Å². The van der Waals surface area contributed by atoms with Gasteiger partial charge in [-0.3, -0.25) is 9.10 Å². The molecule has 0 saturated heterocycles. The van der Waals surface area contributed by atoms with Crippen LogP contribution in [0.5, 0.6) is 5.75 Å². The number of hydrogen-bond donors (Lipinski definition) is 1. The summed E-state index contributed by atoms with van der Waals surface area (Å²) in [5.41, 5.74) is 0.807. The van der Waals surface area contributed by atoms with Gasteiger partial charge in [0.1, 0.15) is 12.3 Å². The molecule has 10 heteroatoms. The molecule has 0 aliphatic rings. The van der Waals surface area contributed by atoms with Crippen molar-refractivity contribution in [2.75, 3.05) is 35.6 Å². The van der Waals surface area contributed by atoms with Crippen molar-refractivity contribution in [2.45, 2.75) is 13.8 Å². The molecule has 0 bridgehead atoms. The Labute approximate surface area is 180 Å². The van der Waals surface area contributed by atoms with Crippen molar-refractivity contribution in [1.82, 2.24) is 0 Å². The van der Waals surface area contributed by atoms with E-state index in [1.54, 1.807) is 31.2 Å². The average molecular weight is 455 g/mol. The molecule has 0 aliphatic heterocycles. The van der Waals surface area contributed by atoms with Crippen molar-refractivity contribution >= 4 is 44.9 Å². The standard InChI is InChI=1S/C20H23ClN2O6S/c1-4-28-16-9-7-15(8-10-16)23(30(3,26)27)13-19(24)22-18-11-6-14(12-17(18)21)20(25)29-5-2/h6-12H,4-5,13H2,1-3H3,(H,22,24). The second kappa shape index (κ2) is 10.3. The van der Waals surface area contributed by atoms with Crippen LogP contribution in [0.4, 0.5) is 11.4 Å². The van der Waals surface area contributed by atoms with Gasteiger partial charge in [-0.25, -0.2) is 13.2 Å². The van der Waals surface area contributed by atoms with E-state index in [0.717, 1.165) is 10.6 Å². The third-order valence-electron chi connectivity index (χ3n) is 3.88. The third-order valence-corrected chi connectivity index (χ3v) is 5.33. The maximum absolute atomic E-state index is 12.5. The van der Waals surface area contributed by atoms with Gasteiger partial charge in [-0.05, 0) is 56.3 Å². The molecular formula is C20H23ClN2O6S. The number of amides is 1. The molecule has 0 atom stereocenters. The van der Waals surface area contributed by atoms with Crippen LogP contribution in [0.1, 0.15) is 24.2 Å². The van der Waals surface area contributed by atoms with Gasteiger partial charge in [0.05, 0.1) is 41.4 Å². The van der Waals surface area contributed by atoms with Gasteiger partial charge in [-0.15, -0.1) is 0 Å². The fourth-order valence-corrected chi connectivity index (χ4v) is 3.64. The Morgan fingerprint density at radius 2 is 1.73 bits per heavy atom. The maximum Gasteiger partial charge on any atom is 0.338 e. The van der Waals surface area contributed by atoms with Crippen molar-refractivity contribution in [2.24, 2.45) is 0 Å². The van der Waals surface area contributed by atoms with Crippen LogP contribution in [0.2, 0.25) is 5.02 Å². The molecule has 1 N–H and O–H groups in total. The molecule has 2 aromatic rings. The highest BCUT2D eigenvalue weighted by atomic mass is 35.5. The highest BCUT2D eigenvalue weighted by Gasteiger charge is 2.21. The minimum absolute atomic E-state index is 0.126. The number of halogens is 1. The summed E-state index contributed by atoms with van der Waals surface area (Å²) in [7, 11) is -3.73. The van der Waals surface area contributed by atoms with E-state index in [4.69, 9.17) is 21.1 Å². The van der Waals surface area contributed by atoms with Gasteiger partial charge in [0.2, 0.25) is 15.9 Å². The first-order chi connectivity index (χ1) is 14.2. The lowest BCUT2D eigenvalue weighted by Gasteiger charge is -2.22. The zero-order chi connectivity index (χ0) is 22.3. The van der Waals surface area contributed by atoms with Crippen molar-refractivity contribution < 1.29 is 27.5 Å². The van der Waals surface area contributed by atoms with Gasteiger partial charge in [0.15, 0.2) is 0 Å². The number of hydrogen-bond acceptors (Lipinski definition) is 6. The van der Waals surface area contributed by atoms with E-state index in [9.17, 15) is 18.0 Å². The normalized spacial score (nSPS) is 10.9. The molecule has 2 rings (SSSR count). The summed E-state index contributed by atoms with van der Waals surface area (Å²) in [5, 5.41) is 2.68. The molecule has 0 heterocycles. The molecule has 1 amide bonds. The smallest absolute Gasteiger partial charge is 0.338 e. The highest BCUT2D eigenvalue weighted by Crippen LogP contribution is 2.25. The summed E-state index contributed by atoms with van der Waals surface area (Å²) >= 11 is 6.14. The zero-order valence-corrected chi connectivity index (χ0v) is 18.4. The van der Waals surface area contributed by atoms with E-state index in [1.165, 1.54) is 18.2 Å². The Hall–Kier alpha value is -2.78. The summed E-state index contributed by atoms with van der Waals surface area (Å²) in [6.45, 7) is 3.77. The maximum atomic E-state index is 12.5. The van der Waals surface area contributed by atoms with Gasteiger partial charge in [-0.2, -0.15) is 0 Å². The van der Waals surface area contributed by atoms with Crippen LogP contribution in [0.25, 0.3) is 0 Å². The largest absolute Gasteiger partial charge is 0.494 e. The van der Waals surface area contributed by atoms with Crippen molar-refractivity contribution in [1.29, 1.82) is 0 Å². The third kappa shape index (κ3) is 6.36. The number of rotatable bonds is 9. The Morgan fingerprint density at radius 1 is 1.07 bits per heavy atom. The minimum Gasteiger partial charge on any atom is -0.494 e. The number of carbonyl (C=O) groups excluding carboxylic acids is 2. The molecular weight excluding hydrogens is 432 g/mol. The molecule has 162 valence electrons. The number of nitrogens with one attached hydrogen (secondary N) is 1. The van der Waals surface area contributed by atoms with Gasteiger partial charge in [-0.1, -0.05) is 11.6 Å². The van der Waals surface area contributed by atoms with Gasteiger partial charge in [0.25, 0.3) is 0 Å². The van der Waals surface area contributed by atoms with Crippen LogP contribution < -0.4 is 14.4 Å². The van der Waals surface area contributed by atoms with Crippen molar-refractivity contribution in [3.63, 3.8) is 0 Å². The van der Waals surface area contributed by atoms with Crippen LogP contribution >= 0.6 is 11.6 Å². The van der Waals surface area contributed by atoms with Crippen LogP contribution in [0.3, 0.4) is 0 Å². The number of sulfonamides is 1. The van der Waals surface area contributed by atoms with Gasteiger partial charge in [0, 0.05) is 0 Å². The average Bonchev–Trinajstić information content (AvgIpc) is 2.68. The van der Waals surface area contributed by atoms with E-state index in [-0.39, 0.29) is 22.9 Å². The predicted molar refractivity (Wildman–Crippen MR) is 116 cm³/mol. The van der Waals surface area contributed by atoms with E-state index < -0.39 is 28.4 Å². The van der Waals surface area contributed by atoms with Crippen LogP contribution in [0, 0.1) is 0 Å². The predicted octanol–water partition coefficient (Wildman–Crippen LogP) is 3.32. The van der Waals surface area contributed by atoms with E-state index in [1.807, 2.05) is 6.92 Å². The van der Waals surface area contributed by atoms with Crippen molar-refractivity contribution in [3.05, 3.63) is 53.1 Å². The number of anilines is 2. The summed E-state index contributed by atoms with van der Waals surface area (Å²) in [4.78, 5) is 24.3. The van der Waals surface area contributed by atoms with E-state index in [0.29, 0.717) is 18.0 Å². The lowest BCUT2D eigenvalue weighted by molar-refractivity contribution is -0.114. The first-order valence-corrected chi connectivity index (χ1v) is 11.4. The SMILES string of the molecule is CCOC(=O)c1ccc(NC(=O)CN(c2ccc(OCC)cc2)S(C)(=O)=O)c(Cl)c1. The number of benzene rings is 2. The van der Waals surface area contributed by atoms with E-state index in [2.05, 4.69) is 5.32 Å². The van der Waals surface area contributed by atoms with Gasteiger partial charge >= 0.3 is 5.97 Å². The number of ether oxygens (including phenoxy) is 2. The first-order valence-electron chi connectivity index (χ1n) is 9.12. The molecule has 0 spiro atoms. The Morgan fingerprint density at radius 3 is 2.27 bits per heavy atom. The molecule has 0 aliphatic carbocycles. The lowest BCUT2D eigenvalue weighted by Crippen LogP contribution is -2.37. The van der Waals surface area contributed by atoms with E-state index >= 15 is 0 Å². The number of nitrogens with zero attached hydrogens (tertiary/aromatic N) is 1. The van der Waals surface area contributed by atoms with Crippen LogP contribution in [-0.4, -0.2) is 46.3 Å². The molecule has 0 fully saturated rings. The second-order valence-corrected chi connectivity index (χ2v) is 8.47. The summed E-state index contributed by atoms with van der Waals surface area (Å²) in [6, 6.07) is 10.6. The van der Waals surface area contributed by atoms with Crippen LogP contribution in [0.15, 0.2) is 42.5 Å². The lowest BCUT2D eigenvalue weighted by atomic mass is 10.2. The fourth-order valence-electron chi connectivity index (χ4n) is 2.55. The molecule has 8 nitrogen and oxygen atoms in total. The zero-order valence-electron chi connectivity index (χ0n) is 16.8. The quantitative estimate of drug-likeness (QED) is 0.583. The fraction of sp³-hybridized carbons (Fsp3) is 0.300. The molecule has 0 unspecified atom stereocenters.